The van der Waals surface area contributed by atoms with Crippen molar-refractivity contribution >= 4 is 16.7 Å². The zero-order valence-corrected chi connectivity index (χ0v) is 20.9. The van der Waals surface area contributed by atoms with Gasteiger partial charge in [0.1, 0.15) is 17.1 Å². The third-order valence-electron chi connectivity index (χ3n) is 8.09. The number of aromatic amines is 1. The number of hydrogen-bond acceptors (Lipinski definition) is 6. The van der Waals surface area contributed by atoms with Crippen molar-refractivity contribution in [2.45, 2.75) is 36.8 Å². The Labute approximate surface area is 210 Å². The van der Waals surface area contributed by atoms with Crippen LogP contribution in [0.4, 0.5) is 4.39 Å². The summed E-state index contributed by atoms with van der Waals surface area (Å²) in [6.45, 7) is 2.26. The number of ketones is 1. The van der Waals surface area contributed by atoms with E-state index in [0.29, 0.717) is 23.6 Å². The predicted molar refractivity (Wildman–Crippen MR) is 136 cm³/mol. The topological polar surface area (TPSA) is 86.8 Å². The summed E-state index contributed by atoms with van der Waals surface area (Å²) in [4.78, 5) is 19.5. The minimum Gasteiger partial charge on any atom is -0.497 e. The molecule has 2 aromatic carbocycles. The molecule has 1 aromatic heterocycles. The van der Waals surface area contributed by atoms with Gasteiger partial charge in [-0.15, -0.1) is 0 Å². The Kier molecular flexibility index (Phi) is 6.87. The molecule has 1 saturated heterocycles. The van der Waals surface area contributed by atoms with Crippen LogP contribution in [0, 0.1) is 5.82 Å². The van der Waals surface area contributed by atoms with Crippen LogP contribution in [0.25, 0.3) is 10.9 Å². The summed E-state index contributed by atoms with van der Waals surface area (Å²) in [6.07, 6.45) is 1.89. The van der Waals surface area contributed by atoms with E-state index in [1.165, 1.54) is 6.07 Å². The van der Waals surface area contributed by atoms with Crippen molar-refractivity contribution in [1.82, 2.24) is 15.2 Å². The number of ether oxygens (including phenoxy) is 2. The van der Waals surface area contributed by atoms with E-state index < -0.39 is 12.1 Å². The van der Waals surface area contributed by atoms with Gasteiger partial charge in [0.15, 0.2) is 5.78 Å². The molecule has 0 saturated carbocycles. The monoisotopic (exact) mass is 495 g/mol. The van der Waals surface area contributed by atoms with Crippen LogP contribution in [0.1, 0.15) is 36.1 Å². The Balaban J connectivity index is 1.76. The Morgan fingerprint density at radius 1 is 1.17 bits per heavy atom. The van der Waals surface area contributed by atoms with Crippen molar-refractivity contribution in [3.05, 3.63) is 65.1 Å². The molecule has 3 heterocycles. The molecule has 3 N–H and O–H groups in total. The SMILES string of the molecule is COCCC(=O)C1(CO)c2[nH]c3cc(OC)ccc3c2C2(CCNCC2)CN1Cc1ccccc1F. The molecule has 1 spiro atoms. The number of aliphatic hydroxyl groups excluding tert-OH is 1. The van der Waals surface area contributed by atoms with E-state index in [4.69, 9.17) is 9.47 Å². The van der Waals surface area contributed by atoms with Crippen molar-refractivity contribution in [1.29, 1.82) is 0 Å². The van der Waals surface area contributed by atoms with Gasteiger partial charge < -0.3 is 24.9 Å². The number of fused-ring (bicyclic) bond motifs is 4. The lowest BCUT2D eigenvalue weighted by molar-refractivity contribution is -0.140. The minimum absolute atomic E-state index is 0.136. The van der Waals surface area contributed by atoms with Gasteiger partial charge in [0.2, 0.25) is 0 Å². The number of hydrogen-bond donors (Lipinski definition) is 3. The number of aliphatic hydroxyl groups is 1. The second-order valence-corrected chi connectivity index (χ2v) is 9.95. The summed E-state index contributed by atoms with van der Waals surface area (Å²) < 4.78 is 25.6. The fourth-order valence-electron chi connectivity index (χ4n) is 6.22. The lowest BCUT2D eigenvalue weighted by Crippen LogP contribution is -2.63. The minimum atomic E-state index is -1.35. The average Bonchev–Trinajstić information content (AvgIpc) is 3.29. The second kappa shape index (κ2) is 9.94. The number of benzene rings is 2. The first-order valence-electron chi connectivity index (χ1n) is 12.5. The number of methoxy groups -OCH3 is 2. The molecule has 192 valence electrons. The van der Waals surface area contributed by atoms with Crippen LogP contribution in [-0.4, -0.2) is 67.8 Å². The molecule has 0 amide bonds. The number of halogens is 1. The summed E-state index contributed by atoms with van der Waals surface area (Å²) >= 11 is 0. The van der Waals surface area contributed by atoms with E-state index >= 15 is 0 Å². The molecule has 5 rings (SSSR count). The number of Topliss-reactive ketones (excluding diaryl/α,β-unsaturated/α-hetero) is 1. The standard InChI is InChI=1S/C28H34FN3O4/c1-35-14-9-24(34)28(18-33)26-25(21-8-7-20(36-2)15-23(21)31-26)27(10-12-30-13-11-27)17-32(28)16-19-5-3-4-6-22(19)29/h3-8,15,30-31,33H,9-14,16-18H2,1-2H3. The zero-order chi connectivity index (χ0) is 25.3. The van der Waals surface area contributed by atoms with Gasteiger partial charge in [0.25, 0.3) is 0 Å². The van der Waals surface area contributed by atoms with Crippen LogP contribution < -0.4 is 10.1 Å². The van der Waals surface area contributed by atoms with Gasteiger partial charge in [-0.3, -0.25) is 9.69 Å². The average molecular weight is 496 g/mol. The van der Waals surface area contributed by atoms with Gasteiger partial charge in [-0.25, -0.2) is 4.39 Å². The number of carbonyl (C=O) groups is 1. The van der Waals surface area contributed by atoms with Gasteiger partial charge in [-0.1, -0.05) is 18.2 Å². The summed E-state index contributed by atoms with van der Waals surface area (Å²) in [6, 6.07) is 12.6. The predicted octanol–water partition coefficient (Wildman–Crippen LogP) is 3.25. The summed E-state index contributed by atoms with van der Waals surface area (Å²) in [5, 5.41) is 15.5. The molecule has 0 aliphatic carbocycles. The molecule has 1 unspecified atom stereocenters. The fraction of sp³-hybridized carbons (Fsp3) is 0.464. The molecule has 7 nitrogen and oxygen atoms in total. The molecule has 2 aliphatic rings. The van der Waals surface area contributed by atoms with E-state index in [9.17, 15) is 14.3 Å². The van der Waals surface area contributed by atoms with Crippen LogP contribution >= 0.6 is 0 Å². The molecule has 2 aliphatic heterocycles. The maximum atomic E-state index is 14.9. The number of rotatable bonds is 8. The highest BCUT2D eigenvalue weighted by atomic mass is 19.1. The largest absolute Gasteiger partial charge is 0.497 e. The number of nitrogens with one attached hydrogen (secondary N) is 2. The first kappa shape index (κ1) is 24.9. The van der Waals surface area contributed by atoms with E-state index in [2.05, 4.69) is 10.3 Å². The molecule has 0 bridgehead atoms. The molecular formula is C28H34FN3O4. The first-order chi connectivity index (χ1) is 17.5. The Bertz CT molecular complexity index is 1250. The summed E-state index contributed by atoms with van der Waals surface area (Å²) in [5.41, 5.74) is 1.56. The van der Waals surface area contributed by atoms with E-state index in [-0.39, 0.29) is 36.6 Å². The van der Waals surface area contributed by atoms with Gasteiger partial charge >= 0.3 is 0 Å². The molecule has 1 atom stereocenters. The molecule has 8 heteroatoms. The maximum Gasteiger partial charge on any atom is 0.163 e. The number of nitrogens with zero attached hydrogens (tertiary/aromatic N) is 1. The number of carbonyl (C=O) groups excluding carboxylic acids is 1. The van der Waals surface area contributed by atoms with E-state index in [1.54, 1.807) is 32.4 Å². The first-order valence-corrected chi connectivity index (χ1v) is 12.5. The highest BCUT2D eigenvalue weighted by Crippen LogP contribution is 2.51. The van der Waals surface area contributed by atoms with Gasteiger partial charge in [-0.05, 0) is 49.7 Å². The normalized spacial score (nSPS) is 21.6. The van der Waals surface area contributed by atoms with Crippen LogP contribution in [0.2, 0.25) is 0 Å². The fourth-order valence-corrected chi connectivity index (χ4v) is 6.22. The maximum absolute atomic E-state index is 14.9. The van der Waals surface area contributed by atoms with Gasteiger partial charge in [0.05, 0.1) is 26.0 Å². The number of piperidine rings is 1. The molecular weight excluding hydrogens is 461 g/mol. The highest BCUT2D eigenvalue weighted by molar-refractivity contribution is 5.95. The third-order valence-corrected chi connectivity index (χ3v) is 8.09. The van der Waals surface area contributed by atoms with Crippen LogP contribution in [-0.2, 0) is 27.0 Å². The summed E-state index contributed by atoms with van der Waals surface area (Å²) in [7, 11) is 3.18. The lowest BCUT2D eigenvalue weighted by atomic mass is 9.64. The van der Waals surface area contributed by atoms with Crippen LogP contribution in [0.15, 0.2) is 42.5 Å². The molecule has 3 aromatic rings. The van der Waals surface area contributed by atoms with Crippen molar-refractivity contribution in [3.63, 3.8) is 0 Å². The van der Waals surface area contributed by atoms with Gasteiger partial charge in [-0.2, -0.15) is 0 Å². The molecule has 0 radical (unpaired) electrons. The lowest BCUT2D eigenvalue weighted by Gasteiger charge is -2.53. The molecule has 1 fully saturated rings. The van der Waals surface area contributed by atoms with Crippen molar-refractivity contribution in [3.8, 4) is 5.75 Å². The third kappa shape index (κ3) is 3.93. The van der Waals surface area contributed by atoms with Crippen molar-refractivity contribution in [2.24, 2.45) is 0 Å². The van der Waals surface area contributed by atoms with E-state index in [0.717, 1.165) is 42.4 Å². The zero-order valence-electron chi connectivity index (χ0n) is 20.9. The van der Waals surface area contributed by atoms with Crippen molar-refractivity contribution in [2.75, 3.05) is 47.1 Å². The smallest absolute Gasteiger partial charge is 0.163 e. The number of H-pyrrole nitrogens is 1. The van der Waals surface area contributed by atoms with Gasteiger partial charge in [0, 0.05) is 54.6 Å². The van der Waals surface area contributed by atoms with Crippen molar-refractivity contribution < 1.29 is 23.8 Å². The van der Waals surface area contributed by atoms with E-state index in [1.807, 2.05) is 23.1 Å². The van der Waals surface area contributed by atoms with Crippen LogP contribution in [0.3, 0.4) is 0 Å². The second-order valence-electron chi connectivity index (χ2n) is 9.95. The Morgan fingerprint density at radius 3 is 2.64 bits per heavy atom. The summed E-state index contributed by atoms with van der Waals surface area (Å²) in [5.74, 6) is 0.246. The molecule has 36 heavy (non-hydrogen) atoms. The van der Waals surface area contributed by atoms with Crippen LogP contribution in [0.5, 0.6) is 5.75 Å². The Hall–Kier alpha value is -2.78. The Morgan fingerprint density at radius 2 is 1.94 bits per heavy atom. The number of aromatic nitrogens is 1. The quantitative estimate of drug-likeness (QED) is 0.445. The highest BCUT2D eigenvalue weighted by Gasteiger charge is 2.56.